The number of nitrogens with one attached hydrogen (secondary N) is 1. The van der Waals surface area contributed by atoms with E-state index in [0.29, 0.717) is 6.04 Å². The molecule has 2 aromatic rings. The van der Waals surface area contributed by atoms with E-state index in [1.54, 1.807) is 4.90 Å². The number of hydrogen-bond acceptors (Lipinski definition) is 2. The van der Waals surface area contributed by atoms with Crippen LogP contribution >= 0.6 is 0 Å². The van der Waals surface area contributed by atoms with E-state index in [9.17, 15) is 4.79 Å². The quantitative estimate of drug-likeness (QED) is 0.797. The standard InChI is InChI=1S/C18H26N4O/c1-3-11-22-17(16(4-2)21-12-9-19-10-13-21)20-15-8-6-5-7-14(15)18(22)23/h5-8,16,19H,3-4,9-13H2,1-2H3/p+2/t16-/m0/s1. The minimum Gasteiger partial charge on any atom is -0.337 e. The van der Waals surface area contributed by atoms with E-state index in [-0.39, 0.29) is 5.56 Å². The highest BCUT2D eigenvalue weighted by Gasteiger charge is 2.30. The van der Waals surface area contributed by atoms with E-state index < -0.39 is 0 Å². The molecule has 5 nitrogen and oxygen atoms in total. The number of aromatic nitrogens is 2. The zero-order valence-corrected chi connectivity index (χ0v) is 14.2. The van der Waals surface area contributed by atoms with Gasteiger partial charge in [-0.3, -0.25) is 9.36 Å². The van der Waals surface area contributed by atoms with Crippen LogP contribution in [0.5, 0.6) is 0 Å². The van der Waals surface area contributed by atoms with E-state index in [1.807, 2.05) is 28.8 Å². The zero-order valence-electron chi connectivity index (χ0n) is 14.2. The first-order valence-corrected chi connectivity index (χ1v) is 8.92. The van der Waals surface area contributed by atoms with Gasteiger partial charge in [0.1, 0.15) is 32.2 Å². The Balaban J connectivity index is 2.13. The van der Waals surface area contributed by atoms with Gasteiger partial charge < -0.3 is 10.2 Å². The molecule has 1 aliphatic heterocycles. The SMILES string of the molecule is CCCn1c([C@H](CC)[NH+]2CC[NH2+]CC2)nc2ccccc2c1=O. The molecule has 124 valence electrons. The molecule has 0 unspecified atom stereocenters. The van der Waals surface area contributed by atoms with Crippen molar-refractivity contribution in [1.82, 2.24) is 9.55 Å². The molecule has 0 spiro atoms. The molecule has 3 N–H and O–H groups in total. The molecule has 1 aromatic heterocycles. The fraction of sp³-hybridized carbons (Fsp3) is 0.556. The Kier molecular flexibility index (Phi) is 5.08. The second-order valence-corrected chi connectivity index (χ2v) is 6.43. The first-order chi connectivity index (χ1) is 11.3. The van der Waals surface area contributed by atoms with Gasteiger partial charge in [-0.15, -0.1) is 0 Å². The Labute approximate surface area is 137 Å². The monoisotopic (exact) mass is 316 g/mol. The van der Waals surface area contributed by atoms with Gasteiger partial charge in [0.05, 0.1) is 10.9 Å². The maximum atomic E-state index is 12.9. The van der Waals surface area contributed by atoms with Gasteiger partial charge in [0.25, 0.3) is 5.56 Å². The summed E-state index contributed by atoms with van der Waals surface area (Å²) in [5.74, 6) is 0.981. The van der Waals surface area contributed by atoms with Crippen LogP contribution in [-0.2, 0) is 6.54 Å². The van der Waals surface area contributed by atoms with Crippen molar-refractivity contribution in [2.75, 3.05) is 26.2 Å². The van der Waals surface area contributed by atoms with Gasteiger partial charge in [-0.05, 0) is 18.6 Å². The lowest BCUT2D eigenvalue weighted by atomic mass is 10.1. The van der Waals surface area contributed by atoms with E-state index in [1.165, 1.54) is 0 Å². The van der Waals surface area contributed by atoms with Crippen LogP contribution in [0.4, 0.5) is 0 Å². The van der Waals surface area contributed by atoms with Gasteiger partial charge in [0, 0.05) is 13.0 Å². The van der Waals surface area contributed by atoms with Gasteiger partial charge >= 0.3 is 0 Å². The van der Waals surface area contributed by atoms with Gasteiger partial charge in [0.2, 0.25) is 0 Å². The molecule has 23 heavy (non-hydrogen) atoms. The molecule has 1 atom stereocenters. The van der Waals surface area contributed by atoms with Crippen LogP contribution in [0.15, 0.2) is 29.1 Å². The fourth-order valence-corrected chi connectivity index (χ4v) is 3.74. The van der Waals surface area contributed by atoms with Crippen molar-refractivity contribution in [2.45, 2.75) is 39.3 Å². The molecule has 0 bridgehead atoms. The predicted octanol–water partition coefficient (Wildman–Crippen LogP) is -0.280. The second-order valence-electron chi connectivity index (χ2n) is 6.43. The van der Waals surface area contributed by atoms with E-state index in [4.69, 9.17) is 4.98 Å². The van der Waals surface area contributed by atoms with Crippen LogP contribution in [0.25, 0.3) is 10.9 Å². The minimum absolute atomic E-state index is 0.119. The first kappa shape index (κ1) is 16.1. The summed E-state index contributed by atoms with van der Waals surface area (Å²) in [5.41, 5.74) is 0.954. The molecule has 5 heteroatoms. The smallest absolute Gasteiger partial charge is 0.261 e. The van der Waals surface area contributed by atoms with Crippen LogP contribution in [0.3, 0.4) is 0 Å². The highest BCUT2D eigenvalue weighted by Crippen LogP contribution is 2.15. The third kappa shape index (κ3) is 3.16. The van der Waals surface area contributed by atoms with Crippen molar-refractivity contribution in [3.63, 3.8) is 0 Å². The lowest BCUT2D eigenvalue weighted by Gasteiger charge is -2.30. The molecular formula is C18H28N4O+2. The molecule has 3 rings (SSSR count). The largest absolute Gasteiger partial charge is 0.337 e. The number of nitrogens with two attached hydrogens (primary N) is 1. The maximum absolute atomic E-state index is 12.9. The third-order valence-electron chi connectivity index (χ3n) is 4.89. The molecule has 0 saturated carbocycles. The van der Waals surface area contributed by atoms with E-state index in [2.05, 4.69) is 19.2 Å². The fourth-order valence-electron chi connectivity index (χ4n) is 3.74. The highest BCUT2D eigenvalue weighted by molar-refractivity contribution is 5.77. The Morgan fingerprint density at radius 3 is 2.70 bits per heavy atom. The number of nitrogens with zero attached hydrogens (tertiary/aromatic N) is 2. The highest BCUT2D eigenvalue weighted by atomic mass is 16.1. The van der Waals surface area contributed by atoms with Crippen molar-refractivity contribution < 1.29 is 10.2 Å². The molecule has 2 heterocycles. The summed E-state index contributed by atoms with van der Waals surface area (Å²) in [6.45, 7) is 9.71. The lowest BCUT2D eigenvalue weighted by Crippen LogP contribution is -3.20. The minimum atomic E-state index is 0.119. The maximum Gasteiger partial charge on any atom is 0.261 e. The number of benzene rings is 1. The summed E-state index contributed by atoms with van der Waals surface area (Å²) >= 11 is 0. The van der Waals surface area contributed by atoms with Gasteiger partial charge in [-0.25, -0.2) is 4.98 Å². The summed E-state index contributed by atoms with van der Waals surface area (Å²) in [6, 6.07) is 8.05. The first-order valence-electron chi connectivity index (χ1n) is 8.92. The van der Waals surface area contributed by atoms with Crippen molar-refractivity contribution >= 4 is 10.9 Å². The summed E-state index contributed by atoms with van der Waals surface area (Å²) in [7, 11) is 0. The second kappa shape index (κ2) is 7.23. The van der Waals surface area contributed by atoms with E-state index in [0.717, 1.165) is 62.3 Å². The molecule has 0 radical (unpaired) electrons. The molecule has 1 aromatic carbocycles. The third-order valence-corrected chi connectivity index (χ3v) is 4.89. The summed E-state index contributed by atoms with van der Waals surface area (Å²) in [4.78, 5) is 19.5. The van der Waals surface area contributed by atoms with Gasteiger partial charge in [-0.1, -0.05) is 26.0 Å². The number of rotatable bonds is 5. The van der Waals surface area contributed by atoms with Crippen molar-refractivity contribution in [3.05, 3.63) is 40.4 Å². The normalized spacial score (nSPS) is 17.5. The Morgan fingerprint density at radius 1 is 1.26 bits per heavy atom. The van der Waals surface area contributed by atoms with Crippen LogP contribution in [0.2, 0.25) is 0 Å². The number of quaternary nitrogens is 2. The number of hydrogen-bond donors (Lipinski definition) is 2. The number of para-hydroxylation sites is 1. The predicted molar refractivity (Wildman–Crippen MR) is 91.7 cm³/mol. The van der Waals surface area contributed by atoms with Crippen LogP contribution < -0.4 is 15.8 Å². The topological polar surface area (TPSA) is 55.9 Å². The summed E-state index contributed by atoms with van der Waals surface area (Å²) < 4.78 is 1.93. The summed E-state index contributed by atoms with van der Waals surface area (Å²) in [5, 5.41) is 3.12. The van der Waals surface area contributed by atoms with Crippen molar-refractivity contribution in [1.29, 1.82) is 0 Å². The Hall–Kier alpha value is -1.72. The Bertz CT molecular complexity index is 719. The Morgan fingerprint density at radius 2 is 2.00 bits per heavy atom. The molecule has 1 fully saturated rings. The average molecular weight is 316 g/mol. The van der Waals surface area contributed by atoms with Gasteiger partial charge in [-0.2, -0.15) is 0 Å². The molecule has 1 saturated heterocycles. The average Bonchev–Trinajstić information content (AvgIpc) is 2.60. The van der Waals surface area contributed by atoms with Gasteiger partial charge in [0.15, 0.2) is 5.82 Å². The molecular weight excluding hydrogens is 288 g/mol. The van der Waals surface area contributed by atoms with Crippen LogP contribution in [0, 0.1) is 0 Å². The zero-order chi connectivity index (χ0) is 16.2. The van der Waals surface area contributed by atoms with Crippen LogP contribution in [-0.4, -0.2) is 35.7 Å². The van der Waals surface area contributed by atoms with E-state index >= 15 is 0 Å². The molecule has 1 aliphatic rings. The summed E-state index contributed by atoms with van der Waals surface area (Å²) in [6.07, 6.45) is 1.97. The molecule has 0 aliphatic carbocycles. The van der Waals surface area contributed by atoms with Crippen molar-refractivity contribution in [2.24, 2.45) is 0 Å². The number of piperazine rings is 1. The van der Waals surface area contributed by atoms with Crippen molar-refractivity contribution in [3.8, 4) is 0 Å². The van der Waals surface area contributed by atoms with Crippen LogP contribution in [0.1, 0.15) is 38.6 Å². The molecule has 0 amide bonds. The lowest BCUT2D eigenvalue weighted by molar-refractivity contribution is -0.973. The number of fused-ring (bicyclic) bond motifs is 1.